The molecule has 0 amide bonds. The number of nitrogens with one attached hydrogen (secondary N) is 1. The molecule has 7 nitrogen and oxygen atoms in total. The number of aromatic amines is 1. The Labute approximate surface area is 175 Å². The van der Waals surface area contributed by atoms with Gasteiger partial charge in [0, 0.05) is 24.0 Å². The highest BCUT2D eigenvalue weighted by atomic mass is 16.1. The van der Waals surface area contributed by atoms with Gasteiger partial charge < -0.3 is 0 Å². The van der Waals surface area contributed by atoms with E-state index in [-0.39, 0.29) is 5.69 Å². The Morgan fingerprint density at radius 1 is 1.00 bits per heavy atom. The lowest BCUT2D eigenvalue weighted by Crippen LogP contribution is -2.25. The van der Waals surface area contributed by atoms with E-state index in [1.165, 1.54) is 0 Å². The number of H-pyrrole nitrogens is 1. The van der Waals surface area contributed by atoms with E-state index in [9.17, 15) is 4.79 Å². The third-order valence-electron chi connectivity index (χ3n) is 5.39. The third-order valence-corrected chi connectivity index (χ3v) is 5.39. The molecule has 0 bridgehead atoms. The molecule has 1 N–H and O–H groups in total. The molecule has 0 fully saturated rings. The molecule has 7 heteroatoms. The van der Waals surface area contributed by atoms with Gasteiger partial charge in [-0.15, -0.1) is 5.10 Å². The van der Waals surface area contributed by atoms with Crippen LogP contribution in [0.1, 0.15) is 37.9 Å². The molecule has 0 spiro atoms. The van der Waals surface area contributed by atoms with E-state index in [0.717, 1.165) is 47.2 Å². The van der Waals surface area contributed by atoms with Gasteiger partial charge in [0.15, 0.2) is 5.82 Å². The van der Waals surface area contributed by atoms with Crippen LogP contribution < -0.4 is 5.69 Å². The van der Waals surface area contributed by atoms with E-state index >= 15 is 0 Å². The van der Waals surface area contributed by atoms with E-state index in [4.69, 9.17) is 0 Å². The first kappa shape index (κ1) is 19.8. The Morgan fingerprint density at radius 3 is 2.43 bits per heavy atom. The van der Waals surface area contributed by atoms with E-state index < -0.39 is 0 Å². The quantitative estimate of drug-likeness (QED) is 0.484. The first-order valence-corrected chi connectivity index (χ1v) is 10.4. The maximum Gasteiger partial charge on any atom is 0.328 e. The van der Waals surface area contributed by atoms with E-state index in [2.05, 4.69) is 57.9 Å². The van der Waals surface area contributed by atoms with Gasteiger partial charge in [0.1, 0.15) is 0 Å². The van der Waals surface area contributed by atoms with Crippen molar-refractivity contribution in [1.29, 1.82) is 0 Å². The van der Waals surface area contributed by atoms with Crippen molar-refractivity contribution in [2.75, 3.05) is 0 Å². The van der Waals surface area contributed by atoms with E-state index in [1.807, 2.05) is 35.9 Å². The summed E-state index contributed by atoms with van der Waals surface area (Å²) in [7, 11) is 0. The molecule has 2 aromatic carbocycles. The van der Waals surface area contributed by atoms with Crippen LogP contribution in [0.4, 0.5) is 0 Å². The summed E-state index contributed by atoms with van der Waals surface area (Å²) in [6, 6.07) is 16.4. The summed E-state index contributed by atoms with van der Waals surface area (Å²) < 4.78 is 3.70. The molecule has 2 aromatic heterocycles. The third kappa shape index (κ3) is 3.96. The van der Waals surface area contributed by atoms with Gasteiger partial charge in [0.05, 0.1) is 6.54 Å². The van der Waals surface area contributed by atoms with E-state index in [0.29, 0.717) is 18.9 Å². The van der Waals surface area contributed by atoms with Gasteiger partial charge in [-0.1, -0.05) is 61.9 Å². The Hall–Kier alpha value is -3.48. The second-order valence-electron chi connectivity index (χ2n) is 7.37. The molecule has 4 rings (SSSR count). The van der Waals surface area contributed by atoms with Crippen LogP contribution in [0.2, 0.25) is 0 Å². The van der Waals surface area contributed by atoms with Crippen molar-refractivity contribution < 1.29 is 0 Å². The van der Waals surface area contributed by atoms with Crippen LogP contribution in [0.3, 0.4) is 0 Å². The van der Waals surface area contributed by atoms with Gasteiger partial charge in [-0.25, -0.2) is 9.89 Å². The topological polar surface area (TPSA) is 81.4 Å². The van der Waals surface area contributed by atoms with Crippen molar-refractivity contribution in [2.45, 2.75) is 46.2 Å². The molecule has 0 aliphatic heterocycles. The highest BCUT2D eigenvalue weighted by Gasteiger charge is 2.12. The summed E-state index contributed by atoms with van der Waals surface area (Å²) in [6.07, 6.45) is 5.13. The molecule has 0 aliphatic carbocycles. The summed E-state index contributed by atoms with van der Waals surface area (Å²) >= 11 is 0. The summed E-state index contributed by atoms with van der Waals surface area (Å²) in [4.78, 5) is 12.8. The molecular weight excluding hydrogens is 376 g/mol. The predicted molar refractivity (Wildman–Crippen MR) is 117 cm³/mol. The van der Waals surface area contributed by atoms with Gasteiger partial charge in [0.25, 0.3) is 0 Å². The van der Waals surface area contributed by atoms with Gasteiger partial charge in [0.2, 0.25) is 0 Å². The van der Waals surface area contributed by atoms with Crippen LogP contribution in [-0.4, -0.2) is 29.8 Å². The molecule has 0 unspecified atom stereocenters. The number of hydrogen-bond donors (Lipinski definition) is 1. The second-order valence-corrected chi connectivity index (χ2v) is 7.37. The molecular formula is C23H26N6O. The fraction of sp³-hybridized carbons (Fsp3) is 0.304. The first-order valence-electron chi connectivity index (χ1n) is 10.4. The van der Waals surface area contributed by atoms with Crippen LogP contribution in [0.25, 0.3) is 22.5 Å². The minimum atomic E-state index is 0.0656. The highest BCUT2D eigenvalue weighted by molar-refractivity contribution is 5.80. The molecule has 0 aliphatic rings. The van der Waals surface area contributed by atoms with Gasteiger partial charge in [-0.2, -0.15) is 0 Å². The lowest BCUT2D eigenvalue weighted by atomic mass is 9.98. The highest BCUT2D eigenvalue weighted by Crippen LogP contribution is 2.29. The summed E-state index contributed by atoms with van der Waals surface area (Å²) in [5.74, 6) is 0.641. The Kier molecular flexibility index (Phi) is 5.88. The van der Waals surface area contributed by atoms with Crippen LogP contribution >= 0.6 is 0 Å². The number of aryl methyl sites for hydroxylation is 2. The molecule has 0 atom stereocenters. The van der Waals surface area contributed by atoms with Gasteiger partial charge in [-0.3, -0.25) is 9.13 Å². The Morgan fingerprint density at radius 2 is 1.77 bits per heavy atom. The molecule has 30 heavy (non-hydrogen) atoms. The zero-order valence-electron chi connectivity index (χ0n) is 17.4. The van der Waals surface area contributed by atoms with E-state index in [1.54, 1.807) is 4.57 Å². The maximum absolute atomic E-state index is 12.8. The summed E-state index contributed by atoms with van der Waals surface area (Å²) in [5, 5.41) is 14.2. The standard InChI is InChI=1S/C23H26N6O/c1-3-5-8-19-16-28(4-2)23(30)29(19)15-17-11-13-18(14-12-17)20-9-6-7-10-21(20)22-24-26-27-25-22/h6-7,9-14,16H,3-5,8,15H2,1-2H3,(H,24,25,26,27). The fourth-order valence-electron chi connectivity index (χ4n) is 3.72. The first-order chi connectivity index (χ1) is 14.7. The van der Waals surface area contributed by atoms with Gasteiger partial charge in [-0.05, 0) is 46.9 Å². The summed E-state index contributed by atoms with van der Waals surface area (Å²) in [5.41, 5.74) is 5.36. The smallest absolute Gasteiger partial charge is 0.299 e. The lowest BCUT2D eigenvalue weighted by Gasteiger charge is -2.10. The number of aromatic nitrogens is 6. The van der Waals surface area contributed by atoms with Crippen molar-refractivity contribution in [1.82, 2.24) is 29.8 Å². The Bertz CT molecular complexity index is 1160. The normalized spacial score (nSPS) is 11.1. The van der Waals surface area contributed by atoms with Gasteiger partial charge >= 0.3 is 5.69 Å². The number of tetrazole rings is 1. The van der Waals surface area contributed by atoms with Crippen molar-refractivity contribution in [2.24, 2.45) is 0 Å². The van der Waals surface area contributed by atoms with Crippen molar-refractivity contribution in [3.05, 3.63) is 76.5 Å². The maximum atomic E-state index is 12.8. The zero-order valence-corrected chi connectivity index (χ0v) is 17.4. The molecule has 0 saturated heterocycles. The average molecular weight is 403 g/mol. The molecule has 0 radical (unpaired) electrons. The number of nitrogens with zero attached hydrogens (tertiary/aromatic N) is 5. The van der Waals surface area contributed by atoms with Crippen molar-refractivity contribution >= 4 is 0 Å². The van der Waals surface area contributed by atoms with Crippen molar-refractivity contribution in [3.63, 3.8) is 0 Å². The van der Waals surface area contributed by atoms with Crippen LogP contribution in [-0.2, 0) is 19.5 Å². The largest absolute Gasteiger partial charge is 0.328 e. The average Bonchev–Trinajstić information content (AvgIpc) is 3.42. The monoisotopic (exact) mass is 402 g/mol. The number of hydrogen-bond acceptors (Lipinski definition) is 4. The minimum Gasteiger partial charge on any atom is -0.299 e. The fourth-order valence-corrected chi connectivity index (χ4v) is 3.72. The lowest BCUT2D eigenvalue weighted by molar-refractivity contribution is 0.647. The molecule has 4 aromatic rings. The summed E-state index contributed by atoms with van der Waals surface area (Å²) in [6.45, 7) is 5.45. The predicted octanol–water partition coefficient (Wildman–Crippen LogP) is 3.91. The number of unbranched alkanes of at least 4 members (excludes halogenated alkanes) is 1. The Balaban J connectivity index is 1.62. The SMILES string of the molecule is CCCCc1cn(CC)c(=O)n1Cc1ccc(-c2ccccc2-c2nnn[nH]2)cc1. The number of rotatable bonds is 8. The van der Waals surface area contributed by atoms with Crippen LogP contribution in [0, 0.1) is 0 Å². The number of imidazole rings is 1. The molecule has 2 heterocycles. The van der Waals surface area contributed by atoms with Crippen LogP contribution in [0.15, 0.2) is 59.5 Å². The molecule has 154 valence electrons. The van der Waals surface area contributed by atoms with Crippen LogP contribution in [0.5, 0.6) is 0 Å². The minimum absolute atomic E-state index is 0.0656. The van der Waals surface area contributed by atoms with Crippen molar-refractivity contribution in [3.8, 4) is 22.5 Å². The molecule has 0 saturated carbocycles. The number of benzene rings is 2. The second kappa shape index (κ2) is 8.90. The zero-order chi connectivity index (χ0) is 20.9.